The van der Waals surface area contributed by atoms with Crippen molar-refractivity contribution in [3.8, 4) is 0 Å². The molecule has 0 bridgehead atoms. The van der Waals surface area contributed by atoms with Crippen molar-refractivity contribution < 1.29 is 14.4 Å². The van der Waals surface area contributed by atoms with Crippen molar-refractivity contribution in [2.45, 2.75) is 6.92 Å². The average Bonchev–Trinajstić information content (AvgIpc) is 2.97. The molecule has 3 aromatic carbocycles. The Kier molecular flexibility index (Phi) is 5.37. The maximum atomic E-state index is 12.6. The smallest absolute Gasteiger partial charge is 0.263 e. The minimum absolute atomic E-state index is 0.00678. The van der Waals surface area contributed by atoms with E-state index in [0.717, 1.165) is 20.6 Å². The van der Waals surface area contributed by atoms with Crippen molar-refractivity contribution >= 4 is 45.0 Å². The second kappa shape index (κ2) is 8.12. The van der Waals surface area contributed by atoms with Crippen LogP contribution in [0.25, 0.3) is 0 Å². The van der Waals surface area contributed by atoms with Crippen molar-refractivity contribution in [3.05, 3.63) is 93.5 Å². The van der Waals surface area contributed by atoms with Gasteiger partial charge in [-0.3, -0.25) is 19.3 Å². The molecular weight excluding hydrogens is 446 g/mol. The Hall–Kier alpha value is -3.45. The number of hydrogen-bond acceptors (Lipinski definition) is 4. The highest BCUT2D eigenvalue weighted by molar-refractivity contribution is 9.10. The van der Waals surface area contributed by atoms with Gasteiger partial charge in [-0.1, -0.05) is 40.2 Å². The van der Waals surface area contributed by atoms with Gasteiger partial charge < -0.3 is 10.6 Å². The van der Waals surface area contributed by atoms with E-state index in [9.17, 15) is 14.4 Å². The van der Waals surface area contributed by atoms with Crippen LogP contribution in [0.1, 0.15) is 36.6 Å². The fraction of sp³-hybridized carbons (Fsp3) is 0.0870. The van der Waals surface area contributed by atoms with Gasteiger partial charge in [-0.2, -0.15) is 0 Å². The molecule has 0 aliphatic carbocycles. The van der Waals surface area contributed by atoms with Gasteiger partial charge in [0.2, 0.25) is 0 Å². The number of anilines is 2. The summed E-state index contributed by atoms with van der Waals surface area (Å²) >= 11 is 3.32. The molecule has 7 heteroatoms. The number of imide groups is 1. The first-order valence-electron chi connectivity index (χ1n) is 9.31. The van der Waals surface area contributed by atoms with Gasteiger partial charge in [-0.15, -0.1) is 0 Å². The Bertz CT molecular complexity index is 1180. The number of amides is 3. The van der Waals surface area contributed by atoms with E-state index in [1.807, 2.05) is 31.2 Å². The van der Waals surface area contributed by atoms with Gasteiger partial charge in [0.05, 0.1) is 17.8 Å². The van der Waals surface area contributed by atoms with E-state index in [0.29, 0.717) is 22.4 Å². The minimum Gasteiger partial charge on any atom is -0.367 e. The summed E-state index contributed by atoms with van der Waals surface area (Å²) in [6.07, 6.45) is 0. The quantitative estimate of drug-likeness (QED) is 0.538. The molecule has 0 saturated carbocycles. The fourth-order valence-corrected chi connectivity index (χ4v) is 3.62. The predicted molar refractivity (Wildman–Crippen MR) is 119 cm³/mol. The summed E-state index contributed by atoms with van der Waals surface area (Å²) in [6.45, 7) is 1.93. The second-order valence-electron chi connectivity index (χ2n) is 6.91. The van der Waals surface area contributed by atoms with Crippen LogP contribution in [0, 0.1) is 6.92 Å². The molecule has 0 unspecified atom stereocenters. The highest BCUT2D eigenvalue weighted by Gasteiger charge is 2.35. The summed E-state index contributed by atoms with van der Waals surface area (Å²) in [5.41, 5.74) is 3.58. The number of nitrogens with zero attached hydrogens (tertiary/aromatic N) is 1. The third kappa shape index (κ3) is 3.84. The molecule has 1 aliphatic rings. The number of hydrogen-bond donors (Lipinski definition) is 2. The van der Waals surface area contributed by atoms with Crippen molar-refractivity contribution in [2.24, 2.45) is 0 Å². The summed E-state index contributed by atoms with van der Waals surface area (Å²) in [4.78, 5) is 38.9. The fourth-order valence-electron chi connectivity index (χ4n) is 3.25. The largest absolute Gasteiger partial charge is 0.367 e. The van der Waals surface area contributed by atoms with Crippen LogP contribution in [0.2, 0.25) is 0 Å². The van der Waals surface area contributed by atoms with E-state index >= 15 is 0 Å². The number of carbonyl (C=O) groups excluding carboxylic acids is 3. The Morgan fingerprint density at radius 1 is 0.933 bits per heavy atom. The number of benzene rings is 3. The van der Waals surface area contributed by atoms with Crippen molar-refractivity contribution in [1.82, 2.24) is 4.90 Å². The van der Waals surface area contributed by atoms with Crippen LogP contribution in [0.15, 0.2) is 71.2 Å². The van der Waals surface area contributed by atoms with Crippen LogP contribution in [0.4, 0.5) is 11.4 Å². The number of aryl methyl sites for hydroxylation is 1. The third-order valence-corrected chi connectivity index (χ3v) is 5.39. The van der Waals surface area contributed by atoms with Gasteiger partial charge >= 0.3 is 0 Å². The van der Waals surface area contributed by atoms with Gasteiger partial charge in [0, 0.05) is 21.4 Å². The summed E-state index contributed by atoms with van der Waals surface area (Å²) in [7, 11) is 0. The zero-order chi connectivity index (χ0) is 21.3. The molecule has 150 valence electrons. The van der Waals surface area contributed by atoms with E-state index in [4.69, 9.17) is 0 Å². The summed E-state index contributed by atoms with van der Waals surface area (Å²) in [6, 6.07) is 19.5. The summed E-state index contributed by atoms with van der Waals surface area (Å²) in [5.74, 6) is -0.931. The topological polar surface area (TPSA) is 78.5 Å². The van der Waals surface area contributed by atoms with Crippen LogP contribution in [0.3, 0.4) is 0 Å². The van der Waals surface area contributed by atoms with Crippen LogP contribution < -0.4 is 10.6 Å². The zero-order valence-electron chi connectivity index (χ0n) is 16.1. The van der Waals surface area contributed by atoms with Gasteiger partial charge in [0.15, 0.2) is 0 Å². The lowest BCUT2D eigenvalue weighted by Crippen LogP contribution is -2.34. The molecular formula is C23H18BrN3O3. The molecule has 1 heterocycles. The standard InChI is InChI=1S/C23H18BrN3O3/c1-14-5-2-3-8-20(14)26-21(28)15-6-4-7-17(11-15)25-13-27-22(29)18-10-9-16(24)12-19(18)23(27)30/h2-12,25H,13H2,1H3,(H,26,28). The minimum atomic E-state index is -0.350. The van der Waals surface area contributed by atoms with E-state index in [1.165, 1.54) is 0 Å². The van der Waals surface area contributed by atoms with Crippen molar-refractivity contribution in [1.29, 1.82) is 0 Å². The number of fused-ring (bicyclic) bond motifs is 1. The first-order chi connectivity index (χ1) is 14.4. The van der Waals surface area contributed by atoms with E-state index in [1.54, 1.807) is 42.5 Å². The maximum Gasteiger partial charge on any atom is 0.263 e. The number of nitrogens with one attached hydrogen (secondary N) is 2. The first-order valence-corrected chi connectivity index (χ1v) is 10.1. The lowest BCUT2D eigenvalue weighted by molar-refractivity contribution is 0.0665. The van der Waals surface area contributed by atoms with Gasteiger partial charge in [0.25, 0.3) is 17.7 Å². The summed E-state index contributed by atoms with van der Waals surface area (Å²) in [5, 5.41) is 5.95. The van der Waals surface area contributed by atoms with Crippen LogP contribution >= 0.6 is 15.9 Å². The average molecular weight is 464 g/mol. The lowest BCUT2D eigenvalue weighted by atomic mass is 10.1. The molecule has 0 atom stereocenters. The maximum absolute atomic E-state index is 12.6. The molecule has 0 saturated heterocycles. The van der Waals surface area contributed by atoms with E-state index < -0.39 is 0 Å². The van der Waals surface area contributed by atoms with Crippen LogP contribution in [-0.2, 0) is 0 Å². The predicted octanol–water partition coefficient (Wildman–Crippen LogP) is 4.68. The molecule has 3 amide bonds. The van der Waals surface area contributed by atoms with Gasteiger partial charge in [0.1, 0.15) is 0 Å². The molecule has 4 rings (SSSR count). The molecule has 3 aromatic rings. The van der Waals surface area contributed by atoms with Gasteiger partial charge in [-0.25, -0.2) is 0 Å². The Morgan fingerprint density at radius 2 is 1.70 bits per heavy atom. The first kappa shape index (κ1) is 19.8. The highest BCUT2D eigenvalue weighted by Crippen LogP contribution is 2.26. The van der Waals surface area contributed by atoms with E-state index in [2.05, 4.69) is 26.6 Å². The van der Waals surface area contributed by atoms with Crippen molar-refractivity contribution in [2.75, 3.05) is 17.3 Å². The molecule has 0 radical (unpaired) electrons. The molecule has 2 N–H and O–H groups in total. The van der Waals surface area contributed by atoms with Gasteiger partial charge in [-0.05, 0) is 55.0 Å². The number of carbonyl (C=O) groups is 3. The third-order valence-electron chi connectivity index (χ3n) is 4.89. The molecule has 30 heavy (non-hydrogen) atoms. The lowest BCUT2D eigenvalue weighted by Gasteiger charge is -2.16. The number of rotatable bonds is 5. The zero-order valence-corrected chi connectivity index (χ0v) is 17.7. The Balaban J connectivity index is 1.45. The van der Waals surface area contributed by atoms with E-state index in [-0.39, 0.29) is 24.4 Å². The molecule has 1 aliphatic heterocycles. The van der Waals surface area contributed by atoms with Crippen LogP contribution in [0.5, 0.6) is 0 Å². The normalized spacial score (nSPS) is 12.7. The Labute approximate surface area is 182 Å². The Morgan fingerprint density at radius 3 is 2.50 bits per heavy atom. The van der Waals surface area contributed by atoms with Crippen LogP contribution in [-0.4, -0.2) is 29.3 Å². The van der Waals surface area contributed by atoms with Crippen molar-refractivity contribution in [3.63, 3.8) is 0 Å². The number of halogens is 1. The summed E-state index contributed by atoms with van der Waals surface area (Å²) < 4.78 is 0.740. The molecule has 6 nitrogen and oxygen atoms in total. The SMILES string of the molecule is Cc1ccccc1NC(=O)c1cccc(NCN2C(=O)c3ccc(Br)cc3C2=O)c1. The number of para-hydroxylation sites is 1. The molecule has 0 fully saturated rings. The second-order valence-corrected chi connectivity index (χ2v) is 7.83. The molecule has 0 aromatic heterocycles. The molecule has 0 spiro atoms. The monoisotopic (exact) mass is 463 g/mol. The highest BCUT2D eigenvalue weighted by atomic mass is 79.9.